The molecule has 0 amide bonds. The normalized spacial score (nSPS) is 13.9. The van der Waals surface area contributed by atoms with Crippen molar-refractivity contribution in [1.82, 2.24) is 9.97 Å². The molecule has 4 heteroatoms. The molecule has 0 spiro atoms. The van der Waals surface area contributed by atoms with E-state index >= 15 is 0 Å². The fourth-order valence-electron chi connectivity index (χ4n) is 1.70. The van der Waals surface area contributed by atoms with Crippen LogP contribution in [0.25, 0.3) is 0 Å². The van der Waals surface area contributed by atoms with Crippen LogP contribution in [-0.2, 0) is 11.3 Å². The lowest BCUT2D eigenvalue weighted by Gasteiger charge is -2.28. The Kier molecular flexibility index (Phi) is 3.99. The van der Waals surface area contributed by atoms with Crippen molar-refractivity contribution in [3.05, 3.63) is 23.3 Å². The van der Waals surface area contributed by atoms with E-state index in [9.17, 15) is 0 Å². The van der Waals surface area contributed by atoms with Crippen molar-refractivity contribution in [3.63, 3.8) is 0 Å². The zero-order valence-corrected chi connectivity index (χ0v) is 10.6. The van der Waals surface area contributed by atoms with E-state index in [2.05, 4.69) is 30.7 Å². The number of nitrogens with zero attached hydrogens (tertiary/aromatic N) is 2. The number of aromatic nitrogens is 2. The van der Waals surface area contributed by atoms with Crippen LogP contribution in [0, 0.1) is 12.3 Å². The molecule has 1 N–H and O–H groups in total. The lowest BCUT2D eigenvalue weighted by atomic mass is 9.88. The predicted molar refractivity (Wildman–Crippen MR) is 61.9 cm³/mol. The van der Waals surface area contributed by atoms with Crippen molar-refractivity contribution in [3.8, 4) is 0 Å². The van der Waals surface area contributed by atoms with Gasteiger partial charge in [0.1, 0.15) is 6.10 Å². The Morgan fingerprint density at radius 1 is 1.38 bits per heavy atom. The van der Waals surface area contributed by atoms with Crippen LogP contribution in [0.3, 0.4) is 0 Å². The second kappa shape index (κ2) is 4.89. The van der Waals surface area contributed by atoms with Gasteiger partial charge in [0.15, 0.2) is 5.82 Å². The molecule has 1 aromatic heterocycles. The van der Waals surface area contributed by atoms with Crippen molar-refractivity contribution in [2.24, 2.45) is 5.41 Å². The number of ether oxygens (including phenoxy) is 1. The van der Waals surface area contributed by atoms with E-state index in [-0.39, 0.29) is 18.1 Å². The summed E-state index contributed by atoms with van der Waals surface area (Å²) in [5.74, 6) is 0.638. The number of methoxy groups -OCH3 is 1. The highest BCUT2D eigenvalue weighted by Gasteiger charge is 2.28. The van der Waals surface area contributed by atoms with Gasteiger partial charge in [-0.15, -0.1) is 0 Å². The summed E-state index contributed by atoms with van der Waals surface area (Å²) in [7, 11) is 1.65. The first kappa shape index (κ1) is 13.1. The van der Waals surface area contributed by atoms with E-state index in [1.165, 1.54) is 0 Å². The second-order valence-corrected chi connectivity index (χ2v) is 5.00. The molecule has 0 radical (unpaired) electrons. The van der Waals surface area contributed by atoms with Crippen LogP contribution in [0.15, 0.2) is 6.07 Å². The average Bonchev–Trinajstić information content (AvgIpc) is 2.15. The SMILES string of the molecule is COC(c1nc(C)cc(CO)n1)C(C)(C)C. The van der Waals surface area contributed by atoms with Gasteiger partial charge in [-0.2, -0.15) is 0 Å². The van der Waals surface area contributed by atoms with Crippen LogP contribution in [0.2, 0.25) is 0 Å². The molecule has 4 nitrogen and oxygen atoms in total. The molecule has 1 aromatic rings. The maximum absolute atomic E-state index is 9.11. The van der Waals surface area contributed by atoms with Gasteiger partial charge in [-0.25, -0.2) is 9.97 Å². The summed E-state index contributed by atoms with van der Waals surface area (Å²) < 4.78 is 5.45. The largest absolute Gasteiger partial charge is 0.390 e. The monoisotopic (exact) mass is 224 g/mol. The minimum Gasteiger partial charge on any atom is -0.390 e. The number of hydrogen-bond acceptors (Lipinski definition) is 4. The van der Waals surface area contributed by atoms with Crippen LogP contribution in [0.5, 0.6) is 0 Å². The van der Waals surface area contributed by atoms with E-state index in [0.717, 1.165) is 5.69 Å². The van der Waals surface area contributed by atoms with E-state index < -0.39 is 0 Å². The second-order valence-electron chi connectivity index (χ2n) is 5.00. The summed E-state index contributed by atoms with van der Waals surface area (Å²) in [6.45, 7) is 8.04. The standard InChI is InChI=1S/C12H20N2O2/c1-8-6-9(7-15)14-11(13-8)10(16-5)12(2,3)4/h6,10,15H,7H2,1-5H3. The van der Waals surface area contributed by atoms with Gasteiger partial charge >= 0.3 is 0 Å². The highest BCUT2D eigenvalue weighted by Crippen LogP contribution is 2.33. The Morgan fingerprint density at radius 2 is 2.00 bits per heavy atom. The Hall–Kier alpha value is -1.00. The zero-order valence-electron chi connectivity index (χ0n) is 10.6. The van der Waals surface area contributed by atoms with Gasteiger partial charge in [0.2, 0.25) is 0 Å². The third-order valence-electron chi connectivity index (χ3n) is 2.34. The number of aliphatic hydroxyl groups excluding tert-OH is 1. The van der Waals surface area contributed by atoms with E-state index in [4.69, 9.17) is 9.84 Å². The third kappa shape index (κ3) is 3.00. The summed E-state index contributed by atoms with van der Waals surface area (Å²) in [6.07, 6.45) is -0.169. The van der Waals surface area contributed by atoms with Crippen LogP contribution >= 0.6 is 0 Å². The first-order chi connectivity index (χ1) is 7.38. The van der Waals surface area contributed by atoms with Crippen molar-refractivity contribution in [2.45, 2.75) is 40.4 Å². The van der Waals surface area contributed by atoms with Crippen molar-refractivity contribution < 1.29 is 9.84 Å². The van der Waals surface area contributed by atoms with Crippen LogP contribution in [0.1, 0.15) is 44.1 Å². The molecule has 1 unspecified atom stereocenters. The molecule has 0 saturated heterocycles. The van der Waals surface area contributed by atoms with Crippen molar-refractivity contribution >= 4 is 0 Å². The number of rotatable bonds is 3. The maximum atomic E-state index is 9.11. The molecule has 1 atom stereocenters. The first-order valence-electron chi connectivity index (χ1n) is 5.36. The molecule has 0 aliphatic carbocycles. The molecule has 0 bridgehead atoms. The van der Waals surface area contributed by atoms with Gasteiger partial charge in [0.05, 0.1) is 12.3 Å². The molecule has 16 heavy (non-hydrogen) atoms. The topological polar surface area (TPSA) is 55.2 Å². The maximum Gasteiger partial charge on any atom is 0.158 e. The minimum atomic E-state index is -0.169. The van der Waals surface area contributed by atoms with E-state index in [1.54, 1.807) is 13.2 Å². The molecule has 1 rings (SSSR count). The molecule has 0 aliphatic rings. The van der Waals surface area contributed by atoms with Crippen molar-refractivity contribution in [1.29, 1.82) is 0 Å². The van der Waals surface area contributed by atoms with Gasteiger partial charge in [-0.05, 0) is 18.4 Å². The molecule has 0 saturated carbocycles. The smallest absolute Gasteiger partial charge is 0.158 e. The molecule has 0 aliphatic heterocycles. The number of aryl methyl sites for hydroxylation is 1. The van der Waals surface area contributed by atoms with Gasteiger partial charge in [0, 0.05) is 12.8 Å². The average molecular weight is 224 g/mol. The van der Waals surface area contributed by atoms with Crippen LogP contribution in [0.4, 0.5) is 0 Å². The zero-order chi connectivity index (χ0) is 12.3. The van der Waals surface area contributed by atoms with E-state index in [0.29, 0.717) is 11.5 Å². The fourth-order valence-corrected chi connectivity index (χ4v) is 1.70. The number of aliphatic hydroxyl groups is 1. The molecule has 90 valence electrons. The van der Waals surface area contributed by atoms with E-state index in [1.807, 2.05) is 6.92 Å². The summed E-state index contributed by atoms with van der Waals surface area (Å²) in [6, 6.07) is 1.78. The van der Waals surface area contributed by atoms with Crippen LogP contribution < -0.4 is 0 Å². The summed E-state index contributed by atoms with van der Waals surface area (Å²) in [5, 5.41) is 9.11. The minimum absolute atomic E-state index is 0.0725. The van der Waals surface area contributed by atoms with Gasteiger partial charge in [-0.1, -0.05) is 20.8 Å². The summed E-state index contributed by atoms with van der Waals surface area (Å²) >= 11 is 0. The lowest BCUT2D eigenvalue weighted by molar-refractivity contribution is 0.00822. The first-order valence-corrected chi connectivity index (χ1v) is 5.36. The quantitative estimate of drug-likeness (QED) is 0.853. The molecule has 0 aromatic carbocycles. The van der Waals surface area contributed by atoms with Crippen LogP contribution in [-0.4, -0.2) is 22.2 Å². The van der Waals surface area contributed by atoms with Gasteiger partial charge < -0.3 is 9.84 Å². The third-order valence-corrected chi connectivity index (χ3v) is 2.34. The Balaban J connectivity index is 3.15. The highest BCUT2D eigenvalue weighted by atomic mass is 16.5. The Bertz CT molecular complexity index is 359. The summed E-state index contributed by atoms with van der Waals surface area (Å²) in [5.41, 5.74) is 1.41. The number of hydrogen-bond donors (Lipinski definition) is 1. The Labute approximate surface area is 96.7 Å². The van der Waals surface area contributed by atoms with Crippen molar-refractivity contribution in [2.75, 3.05) is 7.11 Å². The lowest BCUT2D eigenvalue weighted by Crippen LogP contribution is -2.23. The molecule has 0 fully saturated rings. The molecule has 1 heterocycles. The molecular formula is C12H20N2O2. The highest BCUT2D eigenvalue weighted by molar-refractivity contribution is 5.11. The summed E-state index contributed by atoms with van der Waals surface area (Å²) in [4.78, 5) is 8.68. The predicted octanol–water partition coefficient (Wildman–Crippen LogP) is 2.01. The molecular weight excluding hydrogens is 204 g/mol. The van der Waals surface area contributed by atoms with Gasteiger partial charge in [-0.3, -0.25) is 0 Å². The van der Waals surface area contributed by atoms with Gasteiger partial charge in [0.25, 0.3) is 0 Å². The Morgan fingerprint density at radius 3 is 2.44 bits per heavy atom. The fraction of sp³-hybridized carbons (Fsp3) is 0.667.